The molecule has 8 nitrogen and oxygen atoms in total. The molecule has 3 rings (SSSR count). The summed E-state index contributed by atoms with van der Waals surface area (Å²) in [5, 5.41) is 8.31. The Labute approximate surface area is 186 Å². The number of carbonyl (C=O) groups excluding carboxylic acids is 3. The van der Waals surface area contributed by atoms with Gasteiger partial charge in [0, 0.05) is 13.1 Å². The molecule has 0 saturated carbocycles. The first-order chi connectivity index (χ1) is 14.3. The van der Waals surface area contributed by atoms with E-state index in [9.17, 15) is 19.2 Å². The molecule has 0 aromatic heterocycles. The fraction of sp³-hybridized carbons (Fsp3) is 0.368. The van der Waals surface area contributed by atoms with Crippen molar-refractivity contribution >= 4 is 64.1 Å². The van der Waals surface area contributed by atoms with E-state index in [4.69, 9.17) is 33.0 Å². The SMILES string of the molecule is O=C(O)COc1c(Cl)cc(/C=C2\SC(=O)N(CC(=O)N3CCCCC3)C2=O)cc1Cl. The normalized spacial score (nSPS) is 18.3. The molecule has 0 aliphatic carbocycles. The molecule has 1 aromatic rings. The molecule has 160 valence electrons. The highest BCUT2D eigenvalue weighted by Crippen LogP contribution is 2.37. The van der Waals surface area contributed by atoms with Gasteiger partial charge >= 0.3 is 5.97 Å². The molecule has 2 aliphatic heterocycles. The Bertz CT molecular complexity index is 907. The number of likely N-dealkylation sites (tertiary alicyclic amines) is 1. The van der Waals surface area contributed by atoms with Gasteiger partial charge < -0.3 is 14.7 Å². The van der Waals surface area contributed by atoms with Crippen molar-refractivity contribution < 1.29 is 29.0 Å². The molecule has 0 atom stereocenters. The lowest BCUT2D eigenvalue weighted by Gasteiger charge is -2.27. The van der Waals surface area contributed by atoms with Gasteiger partial charge in [-0.25, -0.2) is 4.79 Å². The summed E-state index contributed by atoms with van der Waals surface area (Å²) in [5.41, 5.74) is 0.431. The largest absolute Gasteiger partial charge is 0.479 e. The monoisotopic (exact) mass is 472 g/mol. The number of rotatable bonds is 6. The number of hydrogen-bond donors (Lipinski definition) is 1. The summed E-state index contributed by atoms with van der Waals surface area (Å²) in [5.74, 6) is -1.98. The molecule has 2 heterocycles. The predicted molar refractivity (Wildman–Crippen MR) is 113 cm³/mol. The minimum atomic E-state index is -1.18. The summed E-state index contributed by atoms with van der Waals surface area (Å²) in [6.45, 7) is 0.380. The third-order valence-corrected chi connectivity index (χ3v) is 6.00. The van der Waals surface area contributed by atoms with Crippen LogP contribution in [-0.2, 0) is 14.4 Å². The van der Waals surface area contributed by atoms with Gasteiger partial charge in [-0.2, -0.15) is 0 Å². The lowest BCUT2D eigenvalue weighted by molar-refractivity contribution is -0.139. The van der Waals surface area contributed by atoms with Gasteiger partial charge in [-0.1, -0.05) is 23.2 Å². The number of aliphatic carboxylic acids is 1. The van der Waals surface area contributed by atoms with Crippen LogP contribution in [0, 0.1) is 0 Å². The van der Waals surface area contributed by atoms with Gasteiger partial charge in [-0.05, 0) is 54.8 Å². The first-order valence-corrected chi connectivity index (χ1v) is 10.7. The Morgan fingerprint density at radius 1 is 1.13 bits per heavy atom. The third kappa shape index (κ3) is 5.27. The molecule has 30 heavy (non-hydrogen) atoms. The summed E-state index contributed by atoms with van der Waals surface area (Å²) in [6, 6.07) is 2.88. The fourth-order valence-corrected chi connectivity index (χ4v) is 4.55. The quantitative estimate of drug-likeness (QED) is 0.631. The number of carboxylic acids is 1. The number of amides is 3. The molecular formula is C19H18Cl2N2O6S. The molecule has 1 aromatic carbocycles. The minimum Gasteiger partial charge on any atom is -0.479 e. The van der Waals surface area contributed by atoms with E-state index in [2.05, 4.69) is 0 Å². The van der Waals surface area contributed by atoms with Gasteiger partial charge in [0.25, 0.3) is 11.1 Å². The summed E-state index contributed by atoms with van der Waals surface area (Å²) in [4.78, 5) is 50.7. The summed E-state index contributed by atoms with van der Waals surface area (Å²) in [6.07, 6.45) is 4.34. The zero-order valence-corrected chi connectivity index (χ0v) is 18.1. The van der Waals surface area contributed by atoms with E-state index in [1.807, 2.05) is 0 Å². The highest BCUT2D eigenvalue weighted by molar-refractivity contribution is 8.18. The van der Waals surface area contributed by atoms with Crippen LogP contribution >= 0.6 is 35.0 Å². The summed E-state index contributed by atoms with van der Waals surface area (Å²) in [7, 11) is 0. The van der Waals surface area contributed by atoms with Crippen molar-refractivity contribution in [2.75, 3.05) is 26.2 Å². The number of nitrogens with zero attached hydrogens (tertiary/aromatic N) is 2. The highest BCUT2D eigenvalue weighted by atomic mass is 35.5. The average Bonchev–Trinajstić information content (AvgIpc) is 2.95. The lowest BCUT2D eigenvalue weighted by atomic mass is 10.1. The van der Waals surface area contributed by atoms with E-state index in [1.54, 1.807) is 4.90 Å². The second-order valence-electron chi connectivity index (χ2n) is 6.71. The molecule has 2 aliphatic rings. The van der Waals surface area contributed by atoms with Crippen molar-refractivity contribution in [2.45, 2.75) is 19.3 Å². The Morgan fingerprint density at radius 3 is 2.37 bits per heavy atom. The van der Waals surface area contributed by atoms with Crippen molar-refractivity contribution in [2.24, 2.45) is 0 Å². The smallest absolute Gasteiger partial charge is 0.341 e. The molecular weight excluding hydrogens is 455 g/mol. The van der Waals surface area contributed by atoms with E-state index >= 15 is 0 Å². The van der Waals surface area contributed by atoms with Crippen LogP contribution in [0.25, 0.3) is 6.08 Å². The van der Waals surface area contributed by atoms with Gasteiger partial charge in [0.15, 0.2) is 12.4 Å². The highest BCUT2D eigenvalue weighted by Gasteiger charge is 2.37. The van der Waals surface area contributed by atoms with E-state index in [1.165, 1.54) is 18.2 Å². The topological polar surface area (TPSA) is 104 Å². The maximum atomic E-state index is 12.6. The number of benzene rings is 1. The molecule has 0 unspecified atom stereocenters. The van der Waals surface area contributed by atoms with Crippen LogP contribution in [0.1, 0.15) is 24.8 Å². The standard InChI is InChI=1S/C19H18Cl2N2O6S/c20-12-6-11(7-13(21)17(12)29-10-16(25)26)8-14-18(27)23(19(28)30-14)9-15(24)22-4-2-1-3-5-22/h6-8H,1-5,9-10H2,(H,25,26)/b14-8-. The van der Waals surface area contributed by atoms with Gasteiger partial charge in [0.05, 0.1) is 15.0 Å². The minimum absolute atomic E-state index is 0.0121. The summed E-state index contributed by atoms with van der Waals surface area (Å²) < 4.78 is 5.05. The maximum absolute atomic E-state index is 12.6. The number of ether oxygens (including phenoxy) is 1. The molecule has 0 bridgehead atoms. The van der Waals surface area contributed by atoms with Crippen molar-refractivity contribution in [3.05, 3.63) is 32.6 Å². The predicted octanol–water partition coefficient (Wildman–Crippen LogP) is 3.51. The van der Waals surface area contributed by atoms with E-state index in [0.29, 0.717) is 18.7 Å². The van der Waals surface area contributed by atoms with E-state index < -0.39 is 23.7 Å². The molecule has 3 amide bonds. The van der Waals surface area contributed by atoms with Crippen LogP contribution in [0.3, 0.4) is 0 Å². The number of carbonyl (C=O) groups is 4. The number of hydrogen-bond acceptors (Lipinski definition) is 6. The Kier molecular flexibility index (Phi) is 7.27. The van der Waals surface area contributed by atoms with Crippen LogP contribution in [-0.4, -0.2) is 64.2 Å². The third-order valence-electron chi connectivity index (χ3n) is 4.53. The zero-order valence-electron chi connectivity index (χ0n) is 15.7. The molecule has 0 spiro atoms. The fourth-order valence-electron chi connectivity index (χ4n) is 3.10. The van der Waals surface area contributed by atoms with E-state index in [-0.39, 0.29) is 33.2 Å². The second-order valence-corrected chi connectivity index (χ2v) is 8.51. The van der Waals surface area contributed by atoms with Crippen LogP contribution in [0.5, 0.6) is 5.75 Å². The number of imide groups is 1. The molecule has 0 radical (unpaired) electrons. The number of thioether (sulfide) groups is 1. The van der Waals surface area contributed by atoms with Crippen molar-refractivity contribution in [3.63, 3.8) is 0 Å². The van der Waals surface area contributed by atoms with Crippen molar-refractivity contribution in [3.8, 4) is 5.75 Å². The summed E-state index contributed by atoms with van der Waals surface area (Å²) >= 11 is 12.9. The van der Waals surface area contributed by atoms with Gasteiger partial charge in [-0.15, -0.1) is 0 Å². The Hall–Kier alpha value is -2.23. The number of piperidine rings is 1. The lowest BCUT2D eigenvalue weighted by Crippen LogP contribution is -2.44. The maximum Gasteiger partial charge on any atom is 0.341 e. The first kappa shape index (κ1) is 22.5. The molecule has 1 N–H and O–H groups in total. The van der Waals surface area contributed by atoms with Crippen LogP contribution < -0.4 is 4.74 Å². The Morgan fingerprint density at radius 2 is 1.77 bits per heavy atom. The van der Waals surface area contributed by atoms with Crippen LogP contribution in [0.15, 0.2) is 17.0 Å². The van der Waals surface area contributed by atoms with Crippen molar-refractivity contribution in [1.29, 1.82) is 0 Å². The first-order valence-electron chi connectivity index (χ1n) is 9.13. The number of halogens is 2. The van der Waals surface area contributed by atoms with Gasteiger partial charge in [0.2, 0.25) is 5.91 Å². The molecule has 2 saturated heterocycles. The van der Waals surface area contributed by atoms with E-state index in [0.717, 1.165) is 35.9 Å². The zero-order chi connectivity index (χ0) is 21.8. The Balaban J connectivity index is 1.73. The molecule has 11 heteroatoms. The van der Waals surface area contributed by atoms with Crippen LogP contribution in [0.2, 0.25) is 10.0 Å². The van der Waals surface area contributed by atoms with Crippen molar-refractivity contribution in [1.82, 2.24) is 9.80 Å². The average molecular weight is 473 g/mol. The second kappa shape index (κ2) is 9.72. The number of carboxylic acid groups (broad SMARTS) is 1. The van der Waals surface area contributed by atoms with Gasteiger partial charge in [-0.3, -0.25) is 19.3 Å². The van der Waals surface area contributed by atoms with Crippen LogP contribution in [0.4, 0.5) is 4.79 Å². The molecule has 2 fully saturated rings. The van der Waals surface area contributed by atoms with Gasteiger partial charge in [0.1, 0.15) is 6.54 Å².